The molecule has 2 rings (SSSR count). The lowest BCUT2D eigenvalue weighted by Crippen LogP contribution is -2.11. The van der Waals surface area contributed by atoms with Crippen molar-refractivity contribution in [3.05, 3.63) is 59.7 Å². The summed E-state index contributed by atoms with van der Waals surface area (Å²) in [6.45, 7) is 6.79. The van der Waals surface area contributed by atoms with Crippen LogP contribution in [0.5, 0.6) is 11.5 Å². The van der Waals surface area contributed by atoms with Crippen LogP contribution in [0.15, 0.2) is 48.5 Å². The maximum Gasteiger partial charge on any atom is 0.338 e. The van der Waals surface area contributed by atoms with Crippen LogP contribution in [0.1, 0.15) is 36.7 Å². The maximum absolute atomic E-state index is 12.3. The van der Waals surface area contributed by atoms with Crippen molar-refractivity contribution in [2.75, 3.05) is 25.1 Å². The third-order valence-corrected chi connectivity index (χ3v) is 3.67. The van der Waals surface area contributed by atoms with Gasteiger partial charge < -0.3 is 19.5 Å². The summed E-state index contributed by atoms with van der Waals surface area (Å²) in [6, 6.07) is 12.2. The molecule has 0 radical (unpaired) electrons. The number of nitrogens with one attached hydrogen (secondary N) is 1. The lowest BCUT2D eigenvalue weighted by atomic mass is 10.1. The van der Waals surface area contributed by atoms with Gasteiger partial charge in [0.05, 0.1) is 31.1 Å². The largest absolute Gasteiger partial charge is 0.494 e. The van der Waals surface area contributed by atoms with E-state index >= 15 is 0 Å². The van der Waals surface area contributed by atoms with Crippen molar-refractivity contribution in [2.24, 2.45) is 0 Å². The molecule has 0 bridgehead atoms. The molecular weight excluding hydrogens is 358 g/mol. The van der Waals surface area contributed by atoms with Gasteiger partial charge in [-0.1, -0.05) is 12.1 Å². The quantitative estimate of drug-likeness (QED) is 0.516. The van der Waals surface area contributed by atoms with Crippen molar-refractivity contribution < 1.29 is 23.8 Å². The average molecular weight is 383 g/mol. The van der Waals surface area contributed by atoms with Crippen molar-refractivity contribution in [2.45, 2.75) is 20.8 Å². The van der Waals surface area contributed by atoms with E-state index < -0.39 is 5.97 Å². The van der Waals surface area contributed by atoms with E-state index in [1.165, 1.54) is 6.08 Å². The summed E-state index contributed by atoms with van der Waals surface area (Å²) in [5, 5.41) is 2.77. The lowest BCUT2D eigenvalue weighted by molar-refractivity contribution is -0.111. The second kappa shape index (κ2) is 10.8. The SMILES string of the molecule is CCOC(=O)c1ccc(NC(=O)/C=C/c2ccc(OCC)cc2)c(OCC)c1. The smallest absolute Gasteiger partial charge is 0.338 e. The van der Waals surface area contributed by atoms with E-state index in [1.54, 1.807) is 31.2 Å². The first-order chi connectivity index (χ1) is 13.6. The molecule has 6 nitrogen and oxygen atoms in total. The van der Waals surface area contributed by atoms with E-state index in [0.717, 1.165) is 11.3 Å². The normalized spacial score (nSPS) is 10.5. The third-order valence-electron chi connectivity index (χ3n) is 3.67. The number of amides is 1. The Morgan fingerprint density at radius 3 is 2.29 bits per heavy atom. The Kier molecular flexibility index (Phi) is 8.09. The van der Waals surface area contributed by atoms with E-state index in [2.05, 4.69) is 5.32 Å². The second-order valence-electron chi connectivity index (χ2n) is 5.69. The van der Waals surface area contributed by atoms with Gasteiger partial charge in [0.25, 0.3) is 0 Å². The Bertz CT molecular complexity index is 827. The first-order valence-corrected chi connectivity index (χ1v) is 9.23. The number of esters is 1. The van der Waals surface area contributed by atoms with Crippen molar-refractivity contribution in [3.8, 4) is 11.5 Å². The number of carbonyl (C=O) groups is 2. The zero-order chi connectivity index (χ0) is 20.4. The molecule has 2 aromatic carbocycles. The molecule has 0 heterocycles. The minimum absolute atomic E-state index is 0.289. The molecule has 1 amide bonds. The van der Waals surface area contributed by atoms with E-state index in [1.807, 2.05) is 38.1 Å². The van der Waals surface area contributed by atoms with Gasteiger partial charge in [0.15, 0.2) is 0 Å². The van der Waals surface area contributed by atoms with Gasteiger partial charge >= 0.3 is 5.97 Å². The molecule has 6 heteroatoms. The predicted octanol–water partition coefficient (Wildman–Crippen LogP) is 4.31. The Morgan fingerprint density at radius 1 is 0.929 bits per heavy atom. The highest BCUT2D eigenvalue weighted by Gasteiger charge is 2.12. The van der Waals surface area contributed by atoms with E-state index in [9.17, 15) is 9.59 Å². The van der Waals surface area contributed by atoms with Crippen LogP contribution >= 0.6 is 0 Å². The van der Waals surface area contributed by atoms with Crippen LogP contribution in [0.3, 0.4) is 0 Å². The topological polar surface area (TPSA) is 73.9 Å². The Balaban J connectivity index is 2.08. The molecule has 2 aromatic rings. The molecule has 0 aliphatic rings. The van der Waals surface area contributed by atoms with Crippen molar-refractivity contribution in [1.82, 2.24) is 0 Å². The van der Waals surface area contributed by atoms with Crippen molar-refractivity contribution >= 4 is 23.6 Å². The molecule has 0 aromatic heterocycles. The number of benzene rings is 2. The van der Waals surface area contributed by atoms with Crippen LogP contribution in [0.25, 0.3) is 6.08 Å². The molecule has 0 saturated carbocycles. The molecule has 0 aliphatic heterocycles. The molecule has 1 N–H and O–H groups in total. The number of rotatable bonds is 9. The van der Waals surface area contributed by atoms with Crippen LogP contribution < -0.4 is 14.8 Å². The summed E-state index contributed by atoms with van der Waals surface area (Å²) in [7, 11) is 0. The highest BCUT2D eigenvalue weighted by molar-refractivity contribution is 6.03. The van der Waals surface area contributed by atoms with Crippen LogP contribution in [0, 0.1) is 0 Å². The minimum Gasteiger partial charge on any atom is -0.494 e. The number of anilines is 1. The highest BCUT2D eigenvalue weighted by Crippen LogP contribution is 2.26. The molecule has 0 fully saturated rings. The van der Waals surface area contributed by atoms with Crippen LogP contribution in [0.4, 0.5) is 5.69 Å². The lowest BCUT2D eigenvalue weighted by Gasteiger charge is -2.12. The second-order valence-corrected chi connectivity index (χ2v) is 5.69. The Hall–Kier alpha value is -3.28. The van der Waals surface area contributed by atoms with Crippen molar-refractivity contribution in [1.29, 1.82) is 0 Å². The monoisotopic (exact) mass is 383 g/mol. The number of hydrogen-bond acceptors (Lipinski definition) is 5. The summed E-state index contributed by atoms with van der Waals surface area (Å²) in [6.07, 6.45) is 3.14. The van der Waals surface area contributed by atoms with Gasteiger partial charge in [-0.15, -0.1) is 0 Å². The summed E-state index contributed by atoms with van der Waals surface area (Å²) in [5.74, 6) is 0.457. The molecule has 0 saturated heterocycles. The number of carbonyl (C=O) groups excluding carboxylic acids is 2. The molecule has 0 unspecified atom stereocenters. The highest BCUT2D eigenvalue weighted by atomic mass is 16.5. The zero-order valence-electron chi connectivity index (χ0n) is 16.4. The average Bonchev–Trinajstić information content (AvgIpc) is 2.69. The van der Waals surface area contributed by atoms with Gasteiger partial charge in [-0.3, -0.25) is 4.79 Å². The van der Waals surface area contributed by atoms with Crippen LogP contribution in [-0.4, -0.2) is 31.7 Å². The van der Waals surface area contributed by atoms with Crippen molar-refractivity contribution in [3.63, 3.8) is 0 Å². The summed E-state index contributed by atoms with van der Waals surface area (Å²) >= 11 is 0. The van der Waals surface area contributed by atoms with Gasteiger partial charge in [-0.25, -0.2) is 4.79 Å². The van der Waals surface area contributed by atoms with Gasteiger partial charge in [0, 0.05) is 6.08 Å². The fourth-order valence-electron chi connectivity index (χ4n) is 2.43. The van der Waals surface area contributed by atoms with Gasteiger partial charge in [0.1, 0.15) is 11.5 Å². The Morgan fingerprint density at radius 2 is 1.64 bits per heavy atom. The fourth-order valence-corrected chi connectivity index (χ4v) is 2.43. The Labute approximate surface area is 165 Å². The maximum atomic E-state index is 12.3. The molecule has 0 atom stereocenters. The van der Waals surface area contributed by atoms with Gasteiger partial charge in [-0.2, -0.15) is 0 Å². The third kappa shape index (κ3) is 6.16. The summed E-state index contributed by atoms with van der Waals surface area (Å²) in [5.41, 5.74) is 1.73. The fraction of sp³-hybridized carbons (Fsp3) is 0.273. The van der Waals surface area contributed by atoms with Crippen LogP contribution in [-0.2, 0) is 9.53 Å². The minimum atomic E-state index is -0.434. The van der Waals surface area contributed by atoms with E-state index in [4.69, 9.17) is 14.2 Å². The standard InChI is InChI=1S/C22H25NO5/c1-4-26-18-11-7-16(8-12-18)9-14-21(24)23-19-13-10-17(22(25)28-6-3)15-20(19)27-5-2/h7-15H,4-6H2,1-3H3,(H,23,24)/b14-9+. The molecule has 0 spiro atoms. The van der Waals surface area contributed by atoms with E-state index in [-0.39, 0.29) is 12.5 Å². The first-order valence-electron chi connectivity index (χ1n) is 9.23. The summed E-state index contributed by atoms with van der Waals surface area (Å²) in [4.78, 5) is 24.1. The van der Waals surface area contributed by atoms with Gasteiger partial charge in [-0.05, 0) is 62.7 Å². The molecular formula is C22H25NO5. The predicted molar refractivity (Wildman–Crippen MR) is 109 cm³/mol. The molecule has 148 valence electrons. The molecule has 0 aliphatic carbocycles. The first kappa shape index (κ1) is 21.0. The molecule has 28 heavy (non-hydrogen) atoms. The summed E-state index contributed by atoms with van der Waals surface area (Å²) < 4.78 is 15.9. The van der Waals surface area contributed by atoms with Crippen LogP contribution in [0.2, 0.25) is 0 Å². The van der Waals surface area contributed by atoms with Gasteiger partial charge in [0.2, 0.25) is 5.91 Å². The zero-order valence-corrected chi connectivity index (χ0v) is 16.4. The van der Waals surface area contributed by atoms with E-state index in [0.29, 0.717) is 30.2 Å². The number of hydrogen-bond donors (Lipinski definition) is 1. The number of ether oxygens (including phenoxy) is 3.